The third-order valence-corrected chi connectivity index (χ3v) is 3.31. The van der Waals surface area contributed by atoms with Gasteiger partial charge in [-0.3, -0.25) is 4.79 Å². The molecule has 1 aliphatic rings. The SMILES string of the molecule is Cc1noc(C)c1CN(C)C(=O)[C@H]1CCCN1. The molecule has 1 aliphatic heterocycles. The van der Waals surface area contributed by atoms with Crippen molar-refractivity contribution in [1.29, 1.82) is 0 Å². The molecule has 0 unspecified atom stereocenters. The number of likely N-dealkylation sites (N-methyl/N-ethyl adjacent to an activating group) is 1. The number of carbonyl (C=O) groups excluding carboxylic acids is 1. The van der Waals surface area contributed by atoms with Gasteiger partial charge in [0.25, 0.3) is 0 Å². The fourth-order valence-corrected chi connectivity index (χ4v) is 2.20. The molecule has 0 saturated carbocycles. The van der Waals surface area contributed by atoms with Gasteiger partial charge in [-0.2, -0.15) is 0 Å². The van der Waals surface area contributed by atoms with Gasteiger partial charge in [0.2, 0.25) is 5.91 Å². The molecule has 2 rings (SSSR count). The standard InChI is InChI=1S/C12H19N3O2/c1-8-10(9(2)17-14-8)7-15(3)12(16)11-5-4-6-13-11/h11,13H,4-7H2,1-3H3/t11-/m1/s1. The topological polar surface area (TPSA) is 58.4 Å². The highest BCUT2D eigenvalue weighted by atomic mass is 16.5. The van der Waals surface area contributed by atoms with E-state index in [9.17, 15) is 4.79 Å². The second kappa shape index (κ2) is 4.87. The van der Waals surface area contributed by atoms with Crippen molar-refractivity contribution in [1.82, 2.24) is 15.4 Å². The highest BCUT2D eigenvalue weighted by Gasteiger charge is 2.25. The van der Waals surface area contributed by atoms with Gasteiger partial charge >= 0.3 is 0 Å². The quantitative estimate of drug-likeness (QED) is 0.852. The minimum absolute atomic E-state index is 0.0135. The minimum Gasteiger partial charge on any atom is -0.361 e. The fourth-order valence-electron chi connectivity index (χ4n) is 2.20. The summed E-state index contributed by atoms with van der Waals surface area (Å²) in [5, 5.41) is 7.11. The molecule has 1 N–H and O–H groups in total. The van der Waals surface area contributed by atoms with Crippen LogP contribution in [0.25, 0.3) is 0 Å². The molecular formula is C12H19N3O2. The third-order valence-electron chi connectivity index (χ3n) is 3.31. The van der Waals surface area contributed by atoms with Gasteiger partial charge in [0, 0.05) is 12.6 Å². The summed E-state index contributed by atoms with van der Waals surface area (Å²) in [6, 6.07) is -0.0135. The predicted molar refractivity (Wildman–Crippen MR) is 63.5 cm³/mol. The summed E-state index contributed by atoms with van der Waals surface area (Å²) in [7, 11) is 1.83. The average Bonchev–Trinajstić information content (AvgIpc) is 2.93. The fraction of sp³-hybridized carbons (Fsp3) is 0.667. The maximum Gasteiger partial charge on any atom is 0.239 e. The Bertz CT molecular complexity index is 388. The van der Waals surface area contributed by atoms with E-state index in [1.807, 2.05) is 20.9 Å². The molecule has 0 aliphatic carbocycles. The second-order valence-electron chi connectivity index (χ2n) is 4.65. The molecule has 94 valence electrons. The molecule has 0 spiro atoms. The molecule has 0 aromatic carbocycles. The van der Waals surface area contributed by atoms with Gasteiger partial charge in [-0.25, -0.2) is 0 Å². The van der Waals surface area contributed by atoms with Crippen LogP contribution in [-0.2, 0) is 11.3 Å². The van der Waals surface area contributed by atoms with Gasteiger partial charge in [-0.1, -0.05) is 5.16 Å². The van der Waals surface area contributed by atoms with Crippen LogP contribution in [0.1, 0.15) is 29.9 Å². The van der Waals surface area contributed by atoms with Crippen LogP contribution in [-0.4, -0.2) is 35.6 Å². The number of hydrogen-bond acceptors (Lipinski definition) is 4. The highest BCUT2D eigenvalue weighted by Crippen LogP contribution is 2.16. The summed E-state index contributed by atoms with van der Waals surface area (Å²) in [6.45, 7) is 5.28. The lowest BCUT2D eigenvalue weighted by atomic mass is 10.1. The lowest BCUT2D eigenvalue weighted by Gasteiger charge is -2.20. The van der Waals surface area contributed by atoms with Crippen LogP contribution in [0.4, 0.5) is 0 Å². The van der Waals surface area contributed by atoms with E-state index in [0.29, 0.717) is 6.54 Å². The molecule has 17 heavy (non-hydrogen) atoms. The van der Waals surface area contributed by atoms with Crippen molar-refractivity contribution >= 4 is 5.91 Å². The van der Waals surface area contributed by atoms with E-state index in [4.69, 9.17) is 4.52 Å². The van der Waals surface area contributed by atoms with E-state index in [0.717, 1.165) is 36.4 Å². The maximum absolute atomic E-state index is 12.1. The summed E-state index contributed by atoms with van der Waals surface area (Å²) < 4.78 is 5.10. The molecule has 0 radical (unpaired) electrons. The first kappa shape index (κ1) is 12.1. The largest absolute Gasteiger partial charge is 0.361 e. The number of amides is 1. The van der Waals surface area contributed by atoms with Gasteiger partial charge in [-0.05, 0) is 33.2 Å². The Labute approximate surface area is 101 Å². The van der Waals surface area contributed by atoms with Crippen molar-refractivity contribution in [2.75, 3.05) is 13.6 Å². The normalized spacial score (nSPS) is 19.6. The summed E-state index contributed by atoms with van der Waals surface area (Å²) in [5.74, 6) is 0.948. The van der Waals surface area contributed by atoms with Crippen LogP contribution in [0.15, 0.2) is 4.52 Å². The van der Waals surface area contributed by atoms with E-state index in [-0.39, 0.29) is 11.9 Å². The van der Waals surface area contributed by atoms with Crippen molar-refractivity contribution in [2.45, 2.75) is 39.3 Å². The Morgan fingerprint density at radius 1 is 1.59 bits per heavy atom. The molecule has 1 fully saturated rings. The molecule has 1 aromatic rings. The van der Waals surface area contributed by atoms with Crippen molar-refractivity contribution in [3.05, 3.63) is 17.0 Å². The van der Waals surface area contributed by atoms with Gasteiger partial charge in [0.15, 0.2) is 0 Å². The van der Waals surface area contributed by atoms with Crippen molar-refractivity contribution in [3.8, 4) is 0 Å². The van der Waals surface area contributed by atoms with Gasteiger partial charge in [0.05, 0.1) is 18.3 Å². The molecule has 5 heteroatoms. The first-order chi connectivity index (χ1) is 8.09. The summed E-state index contributed by atoms with van der Waals surface area (Å²) in [6.07, 6.45) is 2.01. The lowest BCUT2D eigenvalue weighted by Crippen LogP contribution is -2.41. The van der Waals surface area contributed by atoms with Crippen LogP contribution in [0.3, 0.4) is 0 Å². The number of rotatable bonds is 3. The molecule has 0 bridgehead atoms. The number of nitrogens with zero attached hydrogens (tertiary/aromatic N) is 2. The summed E-state index contributed by atoms with van der Waals surface area (Å²) >= 11 is 0. The Balaban J connectivity index is 2.01. The number of nitrogens with one attached hydrogen (secondary N) is 1. The molecule has 2 heterocycles. The molecule has 5 nitrogen and oxygen atoms in total. The zero-order valence-corrected chi connectivity index (χ0v) is 10.6. The third kappa shape index (κ3) is 2.49. The summed E-state index contributed by atoms with van der Waals surface area (Å²) in [4.78, 5) is 13.9. The lowest BCUT2D eigenvalue weighted by molar-refractivity contribution is -0.132. The Morgan fingerprint density at radius 3 is 2.88 bits per heavy atom. The molecule has 1 saturated heterocycles. The van der Waals surface area contributed by atoms with E-state index >= 15 is 0 Å². The van der Waals surface area contributed by atoms with Gasteiger partial charge in [-0.15, -0.1) is 0 Å². The van der Waals surface area contributed by atoms with Crippen LogP contribution < -0.4 is 5.32 Å². The van der Waals surface area contributed by atoms with Crippen LogP contribution >= 0.6 is 0 Å². The molecule has 1 atom stereocenters. The van der Waals surface area contributed by atoms with Gasteiger partial charge in [0.1, 0.15) is 5.76 Å². The van der Waals surface area contributed by atoms with Crippen molar-refractivity contribution < 1.29 is 9.32 Å². The first-order valence-corrected chi connectivity index (χ1v) is 5.99. The minimum atomic E-state index is -0.0135. The second-order valence-corrected chi connectivity index (χ2v) is 4.65. The average molecular weight is 237 g/mol. The molecule has 1 amide bonds. The van der Waals surface area contributed by atoms with E-state index in [2.05, 4.69) is 10.5 Å². The number of aromatic nitrogens is 1. The van der Waals surface area contributed by atoms with Crippen molar-refractivity contribution in [3.63, 3.8) is 0 Å². The van der Waals surface area contributed by atoms with Crippen LogP contribution in [0, 0.1) is 13.8 Å². The monoisotopic (exact) mass is 237 g/mol. The molecule has 1 aromatic heterocycles. The predicted octanol–water partition coefficient (Wildman–Crippen LogP) is 1.00. The smallest absolute Gasteiger partial charge is 0.239 e. The first-order valence-electron chi connectivity index (χ1n) is 5.99. The summed E-state index contributed by atoms with van der Waals surface area (Å²) in [5.41, 5.74) is 1.88. The van der Waals surface area contributed by atoms with E-state index < -0.39 is 0 Å². The number of hydrogen-bond donors (Lipinski definition) is 1. The number of carbonyl (C=O) groups is 1. The zero-order valence-electron chi connectivity index (χ0n) is 10.6. The van der Waals surface area contributed by atoms with Crippen molar-refractivity contribution in [2.24, 2.45) is 0 Å². The Morgan fingerprint density at radius 2 is 2.35 bits per heavy atom. The Kier molecular flexibility index (Phi) is 3.47. The van der Waals surface area contributed by atoms with E-state index in [1.54, 1.807) is 4.90 Å². The molecular weight excluding hydrogens is 218 g/mol. The zero-order chi connectivity index (χ0) is 12.4. The van der Waals surface area contributed by atoms with Crippen LogP contribution in [0.5, 0.6) is 0 Å². The highest BCUT2D eigenvalue weighted by molar-refractivity contribution is 5.81. The van der Waals surface area contributed by atoms with Crippen LogP contribution in [0.2, 0.25) is 0 Å². The van der Waals surface area contributed by atoms with E-state index in [1.165, 1.54) is 0 Å². The number of aryl methyl sites for hydroxylation is 2. The maximum atomic E-state index is 12.1. The Hall–Kier alpha value is -1.36. The van der Waals surface area contributed by atoms with Gasteiger partial charge < -0.3 is 14.7 Å².